The molecule has 0 saturated carbocycles. The fraction of sp³-hybridized carbons (Fsp3) is 0.333. The summed E-state index contributed by atoms with van der Waals surface area (Å²) in [4.78, 5) is 11.6. The molecular formula is C15H19N3O2. The van der Waals surface area contributed by atoms with Crippen molar-refractivity contribution in [2.45, 2.75) is 26.9 Å². The number of rotatable bonds is 5. The molecule has 2 rings (SSSR count). The maximum Gasteiger partial charge on any atom is 0.338 e. The Hall–Kier alpha value is -2.30. The minimum Gasteiger partial charge on any atom is -0.465 e. The van der Waals surface area contributed by atoms with Gasteiger partial charge in [0.25, 0.3) is 0 Å². The van der Waals surface area contributed by atoms with Gasteiger partial charge in [0.1, 0.15) is 0 Å². The van der Waals surface area contributed by atoms with Crippen LogP contribution in [0.1, 0.15) is 28.4 Å². The van der Waals surface area contributed by atoms with Crippen molar-refractivity contribution in [1.29, 1.82) is 0 Å². The summed E-state index contributed by atoms with van der Waals surface area (Å²) in [6.07, 6.45) is 3.85. The van der Waals surface area contributed by atoms with Crippen molar-refractivity contribution < 1.29 is 9.53 Å². The lowest BCUT2D eigenvalue weighted by Gasteiger charge is -2.11. The highest BCUT2D eigenvalue weighted by Crippen LogP contribution is 2.20. The SMILES string of the molecule is CCn1cc(CNc2cccc(C(=O)OC)c2C)cn1. The Kier molecular flexibility index (Phi) is 4.40. The molecule has 0 aliphatic heterocycles. The highest BCUT2D eigenvalue weighted by molar-refractivity contribution is 5.92. The van der Waals surface area contributed by atoms with Crippen LogP contribution in [0.25, 0.3) is 0 Å². The standard InChI is InChI=1S/C15H19N3O2/c1-4-18-10-12(9-17-18)8-16-14-7-5-6-13(11(14)2)15(19)20-3/h5-7,9-10,16H,4,8H2,1-3H3. The van der Waals surface area contributed by atoms with Crippen LogP contribution in [0, 0.1) is 6.92 Å². The molecule has 2 aromatic rings. The topological polar surface area (TPSA) is 56.2 Å². The van der Waals surface area contributed by atoms with Gasteiger partial charge in [0, 0.05) is 30.5 Å². The van der Waals surface area contributed by atoms with Crippen molar-refractivity contribution in [3.05, 3.63) is 47.3 Å². The number of hydrogen-bond acceptors (Lipinski definition) is 4. The van der Waals surface area contributed by atoms with Gasteiger partial charge in [0.05, 0.1) is 18.9 Å². The first-order valence-electron chi connectivity index (χ1n) is 6.58. The largest absolute Gasteiger partial charge is 0.465 e. The molecule has 1 N–H and O–H groups in total. The molecule has 0 unspecified atom stereocenters. The van der Waals surface area contributed by atoms with E-state index in [1.807, 2.05) is 43.1 Å². The molecule has 1 aromatic carbocycles. The van der Waals surface area contributed by atoms with Crippen LogP contribution in [0.15, 0.2) is 30.6 Å². The summed E-state index contributed by atoms with van der Waals surface area (Å²) < 4.78 is 6.66. The molecule has 1 aromatic heterocycles. The number of esters is 1. The quantitative estimate of drug-likeness (QED) is 0.851. The van der Waals surface area contributed by atoms with E-state index in [0.717, 1.165) is 23.4 Å². The van der Waals surface area contributed by atoms with Crippen molar-refractivity contribution in [3.8, 4) is 0 Å². The van der Waals surface area contributed by atoms with Gasteiger partial charge in [-0.25, -0.2) is 4.79 Å². The monoisotopic (exact) mass is 273 g/mol. The average molecular weight is 273 g/mol. The number of nitrogens with one attached hydrogen (secondary N) is 1. The highest BCUT2D eigenvalue weighted by Gasteiger charge is 2.11. The van der Waals surface area contributed by atoms with Crippen LogP contribution in [0.4, 0.5) is 5.69 Å². The lowest BCUT2D eigenvalue weighted by molar-refractivity contribution is 0.0600. The molecule has 5 nitrogen and oxygen atoms in total. The van der Waals surface area contributed by atoms with Gasteiger partial charge < -0.3 is 10.1 Å². The second kappa shape index (κ2) is 6.23. The normalized spacial score (nSPS) is 10.3. The van der Waals surface area contributed by atoms with Gasteiger partial charge in [-0.2, -0.15) is 5.10 Å². The Morgan fingerprint density at radius 2 is 2.25 bits per heavy atom. The van der Waals surface area contributed by atoms with E-state index in [1.54, 1.807) is 6.07 Å². The van der Waals surface area contributed by atoms with Crippen LogP contribution in [-0.2, 0) is 17.8 Å². The van der Waals surface area contributed by atoms with E-state index >= 15 is 0 Å². The van der Waals surface area contributed by atoms with Gasteiger partial charge in [0.15, 0.2) is 0 Å². The number of methoxy groups -OCH3 is 1. The third-order valence-corrected chi connectivity index (χ3v) is 3.23. The first kappa shape index (κ1) is 14.1. The Morgan fingerprint density at radius 3 is 2.90 bits per heavy atom. The van der Waals surface area contributed by atoms with E-state index in [-0.39, 0.29) is 5.97 Å². The van der Waals surface area contributed by atoms with Crippen molar-refractivity contribution in [3.63, 3.8) is 0 Å². The number of ether oxygens (including phenoxy) is 1. The van der Waals surface area contributed by atoms with Crippen LogP contribution >= 0.6 is 0 Å². The summed E-state index contributed by atoms with van der Waals surface area (Å²) in [5.41, 5.74) is 3.51. The number of nitrogens with zero attached hydrogens (tertiary/aromatic N) is 2. The minimum absolute atomic E-state index is 0.315. The van der Waals surface area contributed by atoms with Crippen LogP contribution in [0.3, 0.4) is 0 Å². The van der Waals surface area contributed by atoms with E-state index < -0.39 is 0 Å². The highest BCUT2D eigenvalue weighted by atomic mass is 16.5. The molecule has 1 heterocycles. The zero-order valence-corrected chi connectivity index (χ0v) is 12.0. The summed E-state index contributed by atoms with van der Waals surface area (Å²) in [6.45, 7) is 5.49. The van der Waals surface area contributed by atoms with Crippen LogP contribution in [-0.4, -0.2) is 22.9 Å². The van der Waals surface area contributed by atoms with E-state index in [4.69, 9.17) is 4.74 Å². The molecule has 20 heavy (non-hydrogen) atoms. The second-order valence-electron chi connectivity index (χ2n) is 4.53. The molecular weight excluding hydrogens is 254 g/mol. The van der Waals surface area contributed by atoms with Gasteiger partial charge in [-0.15, -0.1) is 0 Å². The first-order valence-corrected chi connectivity index (χ1v) is 6.58. The van der Waals surface area contributed by atoms with Crippen LogP contribution in [0.2, 0.25) is 0 Å². The predicted molar refractivity (Wildman–Crippen MR) is 77.7 cm³/mol. The Morgan fingerprint density at radius 1 is 1.45 bits per heavy atom. The fourth-order valence-corrected chi connectivity index (χ4v) is 2.03. The molecule has 5 heteroatoms. The lowest BCUT2D eigenvalue weighted by atomic mass is 10.1. The average Bonchev–Trinajstić information content (AvgIpc) is 2.93. The van der Waals surface area contributed by atoms with Gasteiger partial charge >= 0.3 is 5.97 Å². The number of benzene rings is 1. The van der Waals surface area contributed by atoms with E-state index in [0.29, 0.717) is 12.1 Å². The third kappa shape index (κ3) is 2.99. The number of anilines is 1. The van der Waals surface area contributed by atoms with Gasteiger partial charge in [-0.05, 0) is 31.5 Å². The Labute approximate surface area is 118 Å². The number of carbonyl (C=O) groups excluding carboxylic acids is 1. The summed E-state index contributed by atoms with van der Waals surface area (Å²) >= 11 is 0. The van der Waals surface area contributed by atoms with Crippen molar-refractivity contribution in [1.82, 2.24) is 9.78 Å². The zero-order chi connectivity index (χ0) is 14.5. The summed E-state index contributed by atoms with van der Waals surface area (Å²) in [7, 11) is 1.39. The number of aromatic nitrogens is 2. The van der Waals surface area contributed by atoms with Crippen molar-refractivity contribution in [2.24, 2.45) is 0 Å². The number of aryl methyl sites for hydroxylation is 1. The maximum atomic E-state index is 11.6. The Bertz CT molecular complexity index is 605. The van der Waals surface area contributed by atoms with Crippen LogP contribution in [0.5, 0.6) is 0 Å². The summed E-state index contributed by atoms with van der Waals surface area (Å²) in [5.74, 6) is -0.315. The third-order valence-electron chi connectivity index (χ3n) is 3.23. The van der Waals surface area contributed by atoms with E-state index in [9.17, 15) is 4.79 Å². The number of hydrogen-bond donors (Lipinski definition) is 1. The summed E-state index contributed by atoms with van der Waals surface area (Å²) in [5, 5.41) is 7.56. The molecule has 0 fully saturated rings. The molecule has 0 amide bonds. The molecule has 0 spiro atoms. The van der Waals surface area contributed by atoms with Crippen LogP contribution < -0.4 is 5.32 Å². The van der Waals surface area contributed by atoms with Gasteiger partial charge in [0.2, 0.25) is 0 Å². The molecule has 0 aliphatic rings. The van der Waals surface area contributed by atoms with Crippen molar-refractivity contribution in [2.75, 3.05) is 12.4 Å². The minimum atomic E-state index is -0.315. The maximum absolute atomic E-state index is 11.6. The van der Waals surface area contributed by atoms with Gasteiger partial charge in [-0.3, -0.25) is 4.68 Å². The fourth-order valence-electron chi connectivity index (χ4n) is 2.03. The Balaban J connectivity index is 2.11. The van der Waals surface area contributed by atoms with Gasteiger partial charge in [-0.1, -0.05) is 6.07 Å². The molecule has 0 atom stereocenters. The predicted octanol–water partition coefficient (Wildman–Crippen LogP) is 2.61. The molecule has 106 valence electrons. The van der Waals surface area contributed by atoms with E-state index in [1.165, 1.54) is 7.11 Å². The first-order chi connectivity index (χ1) is 9.65. The zero-order valence-electron chi connectivity index (χ0n) is 12.0. The molecule has 0 aliphatic carbocycles. The molecule has 0 saturated heterocycles. The number of carbonyl (C=O) groups is 1. The smallest absolute Gasteiger partial charge is 0.338 e. The molecule has 0 bridgehead atoms. The summed E-state index contributed by atoms with van der Waals surface area (Å²) in [6, 6.07) is 5.56. The lowest BCUT2D eigenvalue weighted by Crippen LogP contribution is -2.07. The second-order valence-corrected chi connectivity index (χ2v) is 4.53. The van der Waals surface area contributed by atoms with E-state index in [2.05, 4.69) is 10.4 Å². The molecule has 0 radical (unpaired) electrons. The van der Waals surface area contributed by atoms with Crippen molar-refractivity contribution >= 4 is 11.7 Å².